The number of hydrogen-bond acceptors (Lipinski definition) is 7. The molecule has 28 heavy (non-hydrogen) atoms. The quantitative estimate of drug-likeness (QED) is 0.578. The van der Waals surface area contributed by atoms with Gasteiger partial charge in [-0.2, -0.15) is 5.10 Å². The highest BCUT2D eigenvalue weighted by Crippen LogP contribution is 2.30. The molecule has 0 bridgehead atoms. The van der Waals surface area contributed by atoms with E-state index < -0.39 is 0 Å². The Labute approximate surface area is 167 Å². The van der Waals surface area contributed by atoms with Crippen LogP contribution in [0.3, 0.4) is 0 Å². The number of hydrogen-bond donors (Lipinski definition) is 1. The Bertz CT molecular complexity index is 968. The first-order valence-electron chi connectivity index (χ1n) is 8.62. The predicted octanol–water partition coefficient (Wildman–Crippen LogP) is 2.45. The van der Waals surface area contributed by atoms with E-state index in [-0.39, 0.29) is 11.7 Å². The lowest BCUT2D eigenvalue weighted by molar-refractivity contribution is -0.113. The number of ether oxygens (including phenoxy) is 2. The number of aromatic nitrogens is 5. The van der Waals surface area contributed by atoms with Crippen molar-refractivity contribution in [3.05, 3.63) is 30.6 Å². The summed E-state index contributed by atoms with van der Waals surface area (Å²) in [6.45, 7) is 2.81. The smallest absolute Gasteiger partial charge is 0.234 e. The number of benzene rings is 1. The third-order valence-electron chi connectivity index (χ3n) is 4.05. The Morgan fingerprint density at radius 1 is 1.21 bits per heavy atom. The van der Waals surface area contributed by atoms with Crippen LogP contribution in [-0.2, 0) is 18.4 Å². The molecular weight excluding hydrogens is 380 g/mol. The molecule has 0 atom stereocenters. The number of nitrogens with zero attached hydrogens (tertiary/aromatic N) is 5. The molecule has 2 aromatic heterocycles. The largest absolute Gasteiger partial charge is 0.493 e. The monoisotopic (exact) mass is 402 g/mol. The maximum atomic E-state index is 12.3. The Balaban J connectivity index is 1.62. The van der Waals surface area contributed by atoms with Gasteiger partial charge in [-0.05, 0) is 19.1 Å². The summed E-state index contributed by atoms with van der Waals surface area (Å²) in [6, 6.07) is 5.22. The molecule has 0 fully saturated rings. The minimum atomic E-state index is -0.152. The van der Waals surface area contributed by atoms with Crippen molar-refractivity contribution in [2.45, 2.75) is 18.6 Å². The van der Waals surface area contributed by atoms with Crippen molar-refractivity contribution in [3.63, 3.8) is 0 Å². The van der Waals surface area contributed by atoms with E-state index in [0.717, 1.165) is 12.1 Å². The van der Waals surface area contributed by atoms with Gasteiger partial charge in [0, 0.05) is 31.5 Å². The first-order valence-corrected chi connectivity index (χ1v) is 9.61. The van der Waals surface area contributed by atoms with Crippen LogP contribution in [0.1, 0.15) is 6.92 Å². The SMILES string of the molecule is CCn1cc(-c2nnc(SCC(=O)Nc3ccc(OC)c(OC)c3)n2C)cn1. The molecule has 0 spiro atoms. The van der Waals surface area contributed by atoms with Gasteiger partial charge in [0.05, 0.1) is 31.7 Å². The van der Waals surface area contributed by atoms with Gasteiger partial charge >= 0.3 is 0 Å². The van der Waals surface area contributed by atoms with Crippen LogP contribution >= 0.6 is 11.8 Å². The van der Waals surface area contributed by atoms with Crippen LogP contribution in [0, 0.1) is 0 Å². The minimum Gasteiger partial charge on any atom is -0.493 e. The fourth-order valence-electron chi connectivity index (χ4n) is 2.59. The lowest BCUT2D eigenvalue weighted by Crippen LogP contribution is -2.14. The molecule has 0 aliphatic carbocycles. The maximum Gasteiger partial charge on any atom is 0.234 e. The predicted molar refractivity (Wildman–Crippen MR) is 107 cm³/mol. The molecule has 0 aliphatic heterocycles. The number of carbonyl (C=O) groups excluding carboxylic acids is 1. The Morgan fingerprint density at radius 2 is 2.00 bits per heavy atom. The third kappa shape index (κ3) is 4.28. The van der Waals surface area contributed by atoms with Crippen LogP contribution < -0.4 is 14.8 Å². The van der Waals surface area contributed by atoms with E-state index in [1.807, 2.05) is 29.4 Å². The zero-order chi connectivity index (χ0) is 20.1. The van der Waals surface area contributed by atoms with E-state index in [1.165, 1.54) is 11.8 Å². The molecule has 0 aliphatic rings. The van der Waals surface area contributed by atoms with Crippen LogP contribution in [0.2, 0.25) is 0 Å². The van der Waals surface area contributed by atoms with Crippen LogP contribution in [0.4, 0.5) is 5.69 Å². The number of amides is 1. The van der Waals surface area contributed by atoms with Crippen molar-refractivity contribution >= 4 is 23.4 Å². The van der Waals surface area contributed by atoms with E-state index in [0.29, 0.717) is 28.2 Å². The summed E-state index contributed by atoms with van der Waals surface area (Å²) >= 11 is 1.31. The second kappa shape index (κ2) is 8.79. The summed E-state index contributed by atoms with van der Waals surface area (Å²) in [5, 5.41) is 16.1. The zero-order valence-electron chi connectivity index (χ0n) is 16.2. The number of thioether (sulfide) groups is 1. The number of nitrogens with one attached hydrogen (secondary N) is 1. The lowest BCUT2D eigenvalue weighted by atomic mass is 10.2. The average Bonchev–Trinajstić information content (AvgIpc) is 3.32. The molecule has 0 radical (unpaired) electrons. The highest BCUT2D eigenvalue weighted by atomic mass is 32.2. The van der Waals surface area contributed by atoms with Gasteiger partial charge in [-0.3, -0.25) is 9.48 Å². The molecule has 0 saturated carbocycles. The van der Waals surface area contributed by atoms with Crippen LogP contribution in [0.25, 0.3) is 11.4 Å². The second-order valence-corrected chi connectivity index (χ2v) is 6.80. The molecule has 2 heterocycles. The van der Waals surface area contributed by atoms with Gasteiger partial charge in [-0.1, -0.05) is 11.8 Å². The van der Waals surface area contributed by atoms with E-state index in [9.17, 15) is 4.79 Å². The van der Waals surface area contributed by atoms with Gasteiger partial charge in [0.1, 0.15) is 0 Å². The number of aryl methyl sites for hydroxylation is 1. The summed E-state index contributed by atoms with van der Waals surface area (Å²) in [7, 11) is 4.98. The van der Waals surface area contributed by atoms with Crippen LogP contribution in [0.15, 0.2) is 35.7 Å². The number of carbonyl (C=O) groups is 1. The van der Waals surface area contributed by atoms with Crippen LogP contribution in [0.5, 0.6) is 11.5 Å². The standard InChI is InChI=1S/C18H22N6O3S/c1-5-24-10-12(9-19-24)17-21-22-18(23(17)2)28-11-16(25)20-13-6-7-14(26-3)15(8-13)27-4/h6-10H,5,11H2,1-4H3,(H,20,25). The van der Waals surface area contributed by atoms with Gasteiger partial charge in [-0.15, -0.1) is 10.2 Å². The molecule has 9 nitrogen and oxygen atoms in total. The molecule has 1 aromatic carbocycles. The van der Waals surface area contributed by atoms with Gasteiger partial charge in [-0.25, -0.2) is 0 Å². The highest BCUT2D eigenvalue weighted by Gasteiger charge is 2.15. The molecule has 10 heteroatoms. The number of rotatable bonds is 8. The van der Waals surface area contributed by atoms with E-state index >= 15 is 0 Å². The topological polar surface area (TPSA) is 96.1 Å². The summed E-state index contributed by atoms with van der Waals surface area (Å²) in [4.78, 5) is 12.3. The highest BCUT2D eigenvalue weighted by molar-refractivity contribution is 7.99. The normalized spacial score (nSPS) is 10.7. The third-order valence-corrected chi connectivity index (χ3v) is 5.07. The molecule has 3 rings (SSSR count). The van der Waals surface area contributed by atoms with Gasteiger partial charge < -0.3 is 19.4 Å². The molecule has 148 valence electrons. The van der Waals surface area contributed by atoms with Crippen LogP contribution in [-0.4, -0.2) is 50.4 Å². The fraction of sp³-hybridized carbons (Fsp3) is 0.333. The van der Waals surface area contributed by atoms with Crippen molar-refractivity contribution in [1.82, 2.24) is 24.5 Å². The van der Waals surface area contributed by atoms with Gasteiger partial charge in [0.2, 0.25) is 5.91 Å². The first-order chi connectivity index (χ1) is 13.5. The lowest BCUT2D eigenvalue weighted by Gasteiger charge is -2.10. The summed E-state index contributed by atoms with van der Waals surface area (Å²) in [5.41, 5.74) is 1.52. The first kappa shape index (κ1) is 19.7. The Morgan fingerprint density at radius 3 is 2.68 bits per heavy atom. The summed E-state index contributed by atoms with van der Waals surface area (Å²) in [6.07, 6.45) is 3.67. The van der Waals surface area contributed by atoms with Crippen molar-refractivity contribution in [2.75, 3.05) is 25.3 Å². The molecule has 0 unspecified atom stereocenters. The fourth-order valence-corrected chi connectivity index (χ4v) is 3.30. The second-order valence-electron chi connectivity index (χ2n) is 5.86. The maximum absolute atomic E-state index is 12.3. The van der Waals surface area contributed by atoms with Crippen molar-refractivity contribution in [2.24, 2.45) is 7.05 Å². The average molecular weight is 402 g/mol. The molecule has 1 N–H and O–H groups in total. The van der Waals surface area contributed by atoms with E-state index in [1.54, 1.807) is 38.6 Å². The van der Waals surface area contributed by atoms with E-state index in [4.69, 9.17) is 9.47 Å². The number of anilines is 1. The molecule has 0 saturated heterocycles. The number of methoxy groups -OCH3 is 2. The van der Waals surface area contributed by atoms with Crippen molar-refractivity contribution in [3.8, 4) is 22.9 Å². The van der Waals surface area contributed by atoms with Crippen molar-refractivity contribution in [1.29, 1.82) is 0 Å². The molecule has 3 aromatic rings. The summed E-state index contributed by atoms with van der Waals surface area (Å²) in [5.74, 6) is 1.92. The Hall–Kier alpha value is -3.01. The van der Waals surface area contributed by atoms with Gasteiger partial charge in [0.25, 0.3) is 0 Å². The molecular formula is C18H22N6O3S. The minimum absolute atomic E-state index is 0.152. The molecule has 1 amide bonds. The van der Waals surface area contributed by atoms with Gasteiger partial charge in [0.15, 0.2) is 22.5 Å². The summed E-state index contributed by atoms with van der Waals surface area (Å²) < 4.78 is 14.1. The van der Waals surface area contributed by atoms with Crippen molar-refractivity contribution < 1.29 is 14.3 Å². The Kier molecular flexibility index (Phi) is 6.19. The zero-order valence-corrected chi connectivity index (χ0v) is 17.0. The van der Waals surface area contributed by atoms with E-state index in [2.05, 4.69) is 20.6 Å².